The molecule has 1 amide bonds. The molecule has 2 aromatic rings. The number of hydrogen-bond donors (Lipinski definition) is 0. The molecule has 2 aromatic heterocycles. The molecule has 0 aliphatic carbocycles. The van der Waals surface area contributed by atoms with Crippen LogP contribution in [0.3, 0.4) is 0 Å². The number of anilines is 1. The number of carbonyl (C=O) groups is 1. The molecule has 4 heterocycles. The second kappa shape index (κ2) is 6.01. The maximum Gasteiger partial charge on any atom is 0.274 e. The van der Waals surface area contributed by atoms with Crippen LogP contribution >= 0.6 is 11.6 Å². The summed E-state index contributed by atoms with van der Waals surface area (Å²) in [6.45, 7) is 5.44. The molecule has 0 saturated carbocycles. The minimum absolute atomic E-state index is 0.185. The van der Waals surface area contributed by atoms with Crippen molar-refractivity contribution >= 4 is 23.5 Å². The second-order valence-electron chi connectivity index (χ2n) is 6.10. The number of carbonyl (C=O) groups excluding carboxylic acids is 1. The molecule has 0 atom stereocenters. The van der Waals surface area contributed by atoms with Crippen molar-refractivity contribution in [3.63, 3.8) is 0 Å². The van der Waals surface area contributed by atoms with Gasteiger partial charge in [0.2, 0.25) is 5.95 Å². The van der Waals surface area contributed by atoms with Gasteiger partial charge in [0.25, 0.3) is 5.91 Å². The van der Waals surface area contributed by atoms with Crippen LogP contribution < -0.4 is 4.90 Å². The molecular weight excluding hydrogens is 330 g/mol. The molecule has 0 N–H and O–H groups in total. The maximum atomic E-state index is 12.9. The standard InChI is InChI=1S/C15H18ClN7O/c1-10-19-20-12-9-22(6-7-23(10)12)14(24)13-11(16)8-17-15(18-13)21-4-2-3-5-21/h8H,2-7,9H2,1H3. The first-order valence-electron chi connectivity index (χ1n) is 8.09. The number of amides is 1. The Morgan fingerprint density at radius 1 is 1.17 bits per heavy atom. The second-order valence-corrected chi connectivity index (χ2v) is 6.51. The maximum absolute atomic E-state index is 12.9. The van der Waals surface area contributed by atoms with Gasteiger partial charge in [0.1, 0.15) is 5.82 Å². The predicted octanol–water partition coefficient (Wildman–Crippen LogP) is 1.29. The minimum atomic E-state index is -0.185. The number of halogens is 1. The van der Waals surface area contributed by atoms with Gasteiger partial charge in [-0.15, -0.1) is 10.2 Å². The first kappa shape index (κ1) is 15.3. The lowest BCUT2D eigenvalue weighted by Gasteiger charge is -2.27. The molecular formula is C15H18ClN7O. The molecule has 1 fully saturated rings. The highest BCUT2D eigenvalue weighted by molar-refractivity contribution is 6.33. The molecule has 4 rings (SSSR count). The third kappa shape index (κ3) is 2.60. The molecule has 0 unspecified atom stereocenters. The number of aromatic nitrogens is 5. The average molecular weight is 348 g/mol. The molecule has 1 saturated heterocycles. The van der Waals surface area contributed by atoms with Gasteiger partial charge in [0, 0.05) is 26.2 Å². The fourth-order valence-electron chi connectivity index (χ4n) is 3.20. The van der Waals surface area contributed by atoms with E-state index in [1.807, 2.05) is 11.5 Å². The van der Waals surface area contributed by atoms with Crippen molar-refractivity contribution in [2.75, 3.05) is 24.5 Å². The summed E-state index contributed by atoms with van der Waals surface area (Å²) in [5, 5.41) is 8.48. The Bertz CT molecular complexity index is 784. The summed E-state index contributed by atoms with van der Waals surface area (Å²) in [5.41, 5.74) is 0.262. The van der Waals surface area contributed by atoms with E-state index in [1.54, 1.807) is 4.90 Å². The number of hydrogen-bond acceptors (Lipinski definition) is 6. The minimum Gasteiger partial charge on any atom is -0.341 e. The zero-order valence-corrected chi connectivity index (χ0v) is 14.2. The van der Waals surface area contributed by atoms with Gasteiger partial charge in [-0.2, -0.15) is 0 Å². The van der Waals surface area contributed by atoms with Crippen molar-refractivity contribution in [1.29, 1.82) is 0 Å². The van der Waals surface area contributed by atoms with Crippen molar-refractivity contribution < 1.29 is 4.79 Å². The van der Waals surface area contributed by atoms with Gasteiger partial charge in [0.15, 0.2) is 11.5 Å². The number of rotatable bonds is 2. The van der Waals surface area contributed by atoms with E-state index in [0.717, 1.165) is 37.6 Å². The predicted molar refractivity (Wildman–Crippen MR) is 88.0 cm³/mol. The van der Waals surface area contributed by atoms with Crippen LogP contribution in [0.5, 0.6) is 0 Å². The first-order valence-corrected chi connectivity index (χ1v) is 8.47. The average Bonchev–Trinajstić information content (AvgIpc) is 3.25. The van der Waals surface area contributed by atoms with Gasteiger partial charge < -0.3 is 14.4 Å². The van der Waals surface area contributed by atoms with Crippen molar-refractivity contribution in [3.05, 3.63) is 28.6 Å². The van der Waals surface area contributed by atoms with Crippen LogP contribution in [0.2, 0.25) is 5.02 Å². The van der Waals surface area contributed by atoms with Crippen LogP contribution in [0.1, 0.15) is 35.0 Å². The summed E-state index contributed by atoms with van der Waals surface area (Å²) in [7, 11) is 0. The fourth-order valence-corrected chi connectivity index (χ4v) is 3.38. The van der Waals surface area contributed by atoms with Crippen LogP contribution in [0, 0.1) is 6.92 Å². The third-order valence-electron chi connectivity index (χ3n) is 4.55. The SMILES string of the molecule is Cc1nnc2n1CCN(C(=O)c1nc(N3CCCC3)ncc1Cl)C2. The zero-order valence-electron chi connectivity index (χ0n) is 13.4. The van der Waals surface area contributed by atoms with E-state index in [4.69, 9.17) is 11.6 Å². The van der Waals surface area contributed by atoms with Crippen molar-refractivity contribution in [3.8, 4) is 0 Å². The summed E-state index contributed by atoms with van der Waals surface area (Å²) in [4.78, 5) is 25.4. The molecule has 8 nitrogen and oxygen atoms in total. The lowest BCUT2D eigenvalue weighted by atomic mass is 10.3. The first-order chi connectivity index (χ1) is 11.6. The summed E-state index contributed by atoms with van der Waals surface area (Å²) in [5.74, 6) is 2.05. The molecule has 0 bridgehead atoms. The molecule has 2 aliphatic rings. The Kier molecular flexibility index (Phi) is 3.84. The number of nitrogens with zero attached hydrogens (tertiary/aromatic N) is 7. The Morgan fingerprint density at radius 2 is 1.96 bits per heavy atom. The fraction of sp³-hybridized carbons (Fsp3) is 0.533. The van der Waals surface area contributed by atoms with Crippen LogP contribution in [-0.4, -0.2) is 55.2 Å². The molecule has 0 aromatic carbocycles. The third-order valence-corrected chi connectivity index (χ3v) is 4.82. The smallest absolute Gasteiger partial charge is 0.274 e. The summed E-state index contributed by atoms with van der Waals surface area (Å²) < 4.78 is 2.03. The van der Waals surface area contributed by atoms with E-state index in [2.05, 4.69) is 25.1 Å². The monoisotopic (exact) mass is 347 g/mol. The summed E-state index contributed by atoms with van der Waals surface area (Å²) in [6, 6.07) is 0. The number of aryl methyl sites for hydroxylation is 1. The van der Waals surface area contributed by atoms with E-state index in [0.29, 0.717) is 25.6 Å². The van der Waals surface area contributed by atoms with Gasteiger partial charge in [-0.3, -0.25) is 4.79 Å². The normalized spacial score (nSPS) is 17.2. The Balaban J connectivity index is 1.59. The van der Waals surface area contributed by atoms with E-state index in [1.165, 1.54) is 6.20 Å². The van der Waals surface area contributed by atoms with E-state index in [-0.39, 0.29) is 16.6 Å². The van der Waals surface area contributed by atoms with Crippen molar-refractivity contribution in [2.24, 2.45) is 0 Å². The molecule has 126 valence electrons. The molecule has 0 radical (unpaired) electrons. The van der Waals surface area contributed by atoms with Crippen LogP contribution in [0.15, 0.2) is 6.20 Å². The molecule has 0 spiro atoms. The summed E-state index contributed by atoms with van der Waals surface area (Å²) >= 11 is 6.20. The topological polar surface area (TPSA) is 80.0 Å². The quantitative estimate of drug-likeness (QED) is 0.814. The van der Waals surface area contributed by atoms with E-state index in [9.17, 15) is 4.79 Å². The van der Waals surface area contributed by atoms with Gasteiger partial charge in [-0.25, -0.2) is 9.97 Å². The zero-order chi connectivity index (χ0) is 16.7. The Hall–Kier alpha value is -2.22. The van der Waals surface area contributed by atoms with Gasteiger partial charge in [0.05, 0.1) is 17.8 Å². The van der Waals surface area contributed by atoms with Gasteiger partial charge in [-0.05, 0) is 19.8 Å². The van der Waals surface area contributed by atoms with Crippen molar-refractivity contribution in [1.82, 2.24) is 29.6 Å². The van der Waals surface area contributed by atoms with Gasteiger partial charge in [-0.1, -0.05) is 11.6 Å². The van der Waals surface area contributed by atoms with Crippen LogP contribution in [-0.2, 0) is 13.1 Å². The summed E-state index contributed by atoms with van der Waals surface area (Å²) in [6.07, 6.45) is 3.76. The highest BCUT2D eigenvalue weighted by Crippen LogP contribution is 2.22. The highest BCUT2D eigenvalue weighted by atomic mass is 35.5. The van der Waals surface area contributed by atoms with Crippen LogP contribution in [0.4, 0.5) is 5.95 Å². The molecule has 9 heteroatoms. The number of fused-ring (bicyclic) bond motifs is 1. The largest absolute Gasteiger partial charge is 0.341 e. The van der Waals surface area contributed by atoms with Crippen LogP contribution in [0.25, 0.3) is 0 Å². The molecule has 24 heavy (non-hydrogen) atoms. The highest BCUT2D eigenvalue weighted by Gasteiger charge is 2.27. The lowest BCUT2D eigenvalue weighted by Crippen LogP contribution is -2.39. The Labute approximate surface area is 144 Å². The van der Waals surface area contributed by atoms with Crippen molar-refractivity contribution in [2.45, 2.75) is 32.9 Å². The molecule has 2 aliphatic heterocycles. The Morgan fingerprint density at radius 3 is 2.75 bits per heavy atom. The van der Waals surface area contributed by atoms with Gasteiger partial charge >= 0.3 is 0 Å². The van der Waals surface area contributed by atoms with E-state index >= 15 is 0 Å². The lowest BCUT2D eigenvalue weighted by molar-refractivity contribution is 0.0701. The van der Waals surface area contributed by atoms with E-state index < -0.39 is 0 Å².